The highest BCUT2D eigenvalue weighted by atomic mass is 79.9. The summed E-state index contributed by atoms with van der Waals surface area (Å²) in [5.41, 5.74) is 2.34. The molecule has 0 spiro atoms. The van der Waals surface area contributed by atoms with Crippen molar-refractivity contribution in [2.45, 2.75) is 13.8 Å². The first kappa shape index (κ1) is 43.4. The molecule has 4 amide bonds. The highest BCUT2D eigenvalue weighted by Gasteiger charge is 2.16. The highest BCUT2D eigenvalue weighted by molar-refractivity contribution is 9.10. The minimum absolute atomic E-state index is 0.0610. The van der Waals surface area contributed by atoms with E-state index >= 15 is 0 Å². The zero-order valence-corrected chi connectivity index (χ0v) is 32.7. The first-order valence-corrected chi connectivity index (χ1v) is 18.3. The average molecular weight is 841 g/mol. The number of halogens is 3. The molecule has 284 valence electrons. The van der Waals surface area contributed by atoms with Crippen LogP contribution in [0.3, 0.4) is 0 Å². The molecule has 0 unspecified atom stereocenters. The quantitative estimate of drug-likeness (QED) is 0.0772. The molecule has 6 N–H and O–H groups in total. The van der Waals surface area contributed by atoms with Crippen molar-refractivity contribution in [3.05, 3.63) is 145 Å². The van der Waals surface area contributed by atoms with Gasteiger partial charge in [0.05, 0.1) is 19.8 Å². The van der Waals surface area contributed by atoms with Gasteiger partial charge in [0.15, 0.2) is 0 Å². The summed E-state index contributed by atoms with van der Waals surface area (Å²) >= 11 is 15.0. The lowest BCUT2D eigenvalue weighted by Gasteiger charge is -2.12. The Balaban J connectivity index is 0.000000294. The van der Waals surface area contributed by atoms with Gasteiger partial charge in [-0.25, -0.2) is 0 Å². The zero-order valence-electron chi connectivity index (χ0n) is 29.6. The molecule has 0 aliphatic rings. The van der Waals surface area contributed by atoms with Crippen LogP contribution in [0.4, 0.5) is 0 Å². The number of ether oxygens (including phenoxy) is 1. The zero-order chi connectivity index (χ0) is 39.5. The van der Waals surface area contributed by atoms with Gasteiger partial charge in [-0.05, 0) is 102 Å². The van der Waals surface area contributed by atoms with Crippen LogP contribution in [0.5, 0.6) is 5.75 Å². The second-order valence-corrected chi connectivity index (χ2v) is 13.6. The molecule has 0 atom stereocenters. The highest BCUT2D eigenvalue weighted by Crippen LogP contribution is 2.16. The monoisotopic (exact) mass is 838 g/mol. The van der Waals surface area contributed by atoms with E-state index < -0.39 is 23.6 Å². The Bertz CT molecular complexity index is 1900. The van der Waals surface area contributed by atoms with E-state index in [1.807, 2.05) is 0 Å². The van der Waals surface area contributed by atoms with Gasteiger partial charge in [-0.15, -0.1) is 0 Å². The predicted octanol–water partition coefficient (Wildman–Crippen LogP) is 6.24. The van der Waals surface area contributed by atoms with E-state index in [0.29, 0.717) is 50.6 Å². The molecule has 4 aromatic rings. The summed E-state index contributed by atoms with van der Waals surface area (Å²) in [7, 11) is 0. The second-order valence-electron chi connectivity index (χ2n) is 11.8. The third kappa shape index (κ3) is 15.6. The van der Waals surface area contributed by atoms with Crippen LogP contribution in [0.25, 0.3) is 12.2 Å². The van der Waals surface area contributed by atoms with E-state index in [1.54, 1.807) is 109 Å². The van der Waals surface area contributed by atoms with Crippen LogP contribution in [0, 0.1) is 5.92 Å². The number of aliphatic hydroxyl groups excluding tert-OH is 2. The summed E-state index contributed by atoms with van der Waals surface area (Å²) in [6, 6.07) is 27.1. The van der Waals surface area contributed by atoms with Gasteiger partial charge < -0.3 is 36.2 Å². The summed E-state index contributed by atoms with van der Waals surface area (Å²) in [5, 5.41) is 29.2. The van der Waals surface area contributed by atoms with Crippen LogP contribution in [-0.2, 0) is 9.59 Å². The van der Waals surface area contributed by atoms with Gasteiger partial charge in [0.1, 0.15) is 17.1 Å². The SMILES string of the molecule is CC(C)COc1ccc(C(=O)N/C(=C\c2ccc(Cl)cc2)C(=O)NCCO)cc1.O=C(NCCO)/C(=C/c1ccc(Cl)cc1)NC(=O)c1ccc(Br)cc1. The van der Waals surface area contributed by atoms with Crippen molar-refractivity contribution in [1.29, 1.82) is 0 Å². The van der Waals surface area contributed by atoms with Crippen molar-refractivity contribution < 1.29 is 34.1 Å². The van der Waals surface area contributed by atoms with Crippen LogP contribution < -0.4 is 26.0 Å². The fourth-order valence-electron chi connectivity index (χ4n) is 4.25. The summed E-state index contributed by atoms with van der Waals surface area (Å²) in [6.07, 6.45) is 3.08. The summed E-state index contributed by atoms with van der Waals surface area (Å²) in [5.74, 6) is -0.760. The van der Waals surface area contributed by atoms with Crippen molar-refractivity contribution in [3.63, 3.8) is 0 Å². The topological polar surface area (TPSA) is 166 Å². The number of hydrogen-bond acceptors (Lipinski definition) is 7. The van der Waals surface area contributed by atoms with E-state index in [4.69, 9.17) is 38.2 Å². The predicted molar refractivity (Wildman–Crippen MR) is 215 cm³/mol. The van der Waals surface area contributed by atoms with Crippen molar-refractivity contribution in [3.8, 4) is 5.75 Å². The number of hydrogen-bond donors (Lipinski definition) is 6. The molecule has 11 nitrogen and oxygen atoms in total. The minimum Gasteiger partial charge on any atom is -0.493 e. The molecule has 0 aromatic heterocycles. The molecule has 0 heterocycles. The third-order valence-corrected chi connectivity index (χ3v) is 7.98. The Kier molecular flexibility index (Phi) is 18.5. The molecule has 4 rings (SSSR count). The molecule has 14 heteroatoms. The van der Waals surface area contributed by atoms with E-state index in [9.17, 15) is 19.2 Å². The first-order chi connectivity index (χ1) is 25.9. The number of carbonyl (C=O) groups is 4. The van der Waals surface area contributed by atoms with Crippen molar-refractivity contribution in [2.24, 2.45) is 5.92 Å². The van der Waals surface area contributed by atoms with Crippen molar-refractivity contribution >= 4 is 74.9 Å². The molecule has 0 saturated heterocycles. The lowest BCUT2D eigenvalue weighted by Crippen LogP contribution is -2.36. The van der Waals surface area contributed by atoms with Gasteiger partial charge >= 0.3 is 0 Å². The first-order valence-electron chi connectivity index (χ1n) is 16.7. The Morgan fingerprint density at radius 1 is 0.648 bits per heavy atom. The van der Waals surface area contributed by atoms with Crippen molar-refractivity contribution in [1.82, 2.24) is 21.3 Å². The molecule has 0 bridgehead atoms. The molecular weight excluding hydrogens is 799 g/mol. The third-order valence-electron chi connectivity index (χ3n) is 6.95. The standard InChI is InChI=1S/C22H25ClN2O4.C18H16BrClN2O3/c1-15(2)14-29-19-9-5-17(6-10-19)21(27)25-20(22(28)24-11-12-26)13-16-3-7-18(23)8-4-16;19-14-5-3-13(4-6-14)17(24)22-16(18(25)21-9-10-23)11-12-1-7-15(20)8-2-12/h3-10,13,15,26H,11-12,14H2,1-2H3,(H,24,28)(H,25,27);1-8,11,23H,9-10H2,(H,21,25)(H,22,24)/b20-13-;16-11-. The summed E-state index contributed by atoms with van der Waals surface area (Å²) < 4.78 is 6.46. The van der Waals surface area contributed by atoms with E-state index in [1.165, 1.54) is 0 Å². The minimum atomic E-state index is -0.501. The molecule has 54 heavy (non-hydrogen) atoms. The summed E-state index contributed by atoms with van der Waals surface area (Å²) in [4.78, 5) is 49.6. The van der Waals surface area contributed by atoms with Gasteiger partial charge in [-0.3, -0.25) is 19.2 Å². The van der Waals surface area contributed by atoms with Gasteiger partial charge in [0, 0.05) is 38.7 Å². The van der Waals surface area contributed by atoms with E-state index in [0.717, 1.165) is 4.47 Å². The fourth-order valence-corrected chi connectivity index (χ4v) is 4.77. The molecular formula is C40H41BrCl2N4O7. The molecule has 0 aliphatic carbocycles. The van der Waals surface area contributed by atoms with Gasteiger partial charge in [0.2, 0.25) is 0 Å². The van der Waals surface area contributed by atoms with Crippen LogP contribution in [0.1, 0.15) is 45.7 Å². The van der Waals surface area contributed by atoms with E-state index in [2.05, 4.69) is 51.0 Å². The molecule has 4 aromatic carbocycles. The number of aliphatic hydroxyl groups is 2. The number of benzene rings is 4. The van der Waals surface area contributed by atoms with Crippen LogP contribution in [-0.4, -0.2) is 66.8 Å². The number of rotatable bonds is 15. The van der Waals surface area contributed by atoms with Crippen LogP contribution in [0.2, 0.25) is 10.0 Å². The Morgan fingerprint density at radius 3 is 1.41 bits per heavy atom. The lowest BCUT2D eigenvalue weighted by atomic mass is 10.1. The molecule has 0 radical (unpaired) electrons. The van der Waals surface area contributed by atoms with Crippen LogP contribution in [0.15, 0.2) is 113 Å². The lowest BCUT2D eigenvalue weighted by molar-refractivity contribution is -0.118. The second kappa shape index (κ2) is 22.9. The Labute approximate surface area is 332 Å². The Morgan fingerprint density at radius 2 is 1.04 bits per heavy atom. The number of nitrogens with one attached hydrogen (secondary N) is 4. The smallest absolute Gasteiger partial charge is 0.267 e. The molecule has 0 aliphatic heterocycles. The van der Waals surface area contributed by atoms with Gasteiger partial charge in [-0.2, -0.15) is 0 Å². The van der Waals surface area contributed by atoms with Crippen molar-refractivity contribution in [2.75, 3.05) is 32.9 Å². The molecule has 0 saturated carbocycles. The van der Waals surface area contributed by atoms with Gasteiger partial charge in [0.25, 0.3) is 23.6 Å². The average Bonchev–Trinajstić information content (AvgIpc) is 3.16. The largest absolute Gasteiger partial charge is 0.493 e. The molecule has 0 fully saturated rings. The maximum atomic E-state index is 12.6. The van der Waals surface area contributed by atoms with Gasteiger partial charge in [-0.1, -0.05) is 77.2 Å². The van der Waals surface area contributed by atoms with Crippen LogP contribution >= 0.6 is 39.1 Å². The maximum absolute atomic E-state index is 12.6. The fraction of sp³-hybridized carbons (Fsp3) is 0.200. The Hall–Kier alpha value is -4.98. The number of carbonyl (C=O) groups excluding carboxylic acids is 4. The number of amides is 4. The normalized spacial score (nSPS) is 11.2. The summed E-state index contributed by atoms with van der Waals surface area (Å²) in [6.45, 7) is 4.47. The maximum Gasteiger partial charge on any atom is 0.267 e. The van der Waals surface area contributed by atoms with E-state index in [-0.39, 0.29) is 37.7 Å².